The molecule has 58 heavy (non-hydrogen) atoms. The van der Waals surface area contributed by atoms with Gasteiger partial charge in [0.05, 0.1) is 11.1 Å². The number of hydrogen-bond donors (Lipinski definition) is 0. The lowest BCUT2D eigenvalue weighted by Gasteiger charge is -2.26. The van der Waals surface area contributed by atoms with E-state index in [9.17, 15) is 0 Å². The molecule has 9 aromatic carbocycles. The van der Waals surface area contributed by atoms with Crippen LogP contribution in [0.25, 0.3) is 77.3 Å². The summed E-state index contributed by atoms with van der Waals surface area (Å²) in [6, 6.07) is 73.9. The third kappa shape index (κ3) is 5.14. The molecular formula is C55H35NO2. The number of furan rings is 2. The van der Waals surface area contributed by atoms with Crippen LogP contribution in [0.5, 0.6) is 0 Å². The lowest BCUT2D eigenvalue weighted by molar-refractivity contribution is 0.668. The van der Waals surface area contributed by atoms with E-state index in [1.54, 1.807) is 0 Å². The van der Waals surface area contributed by atoms with Crippen molar-refractivity contribution in [3.63, 3.8) is 0 Å². The van der Waals surface area contributed by atoms with Crippen molar-refractivity contribution >= 4 is 60.9 Å². The van der Waals surface area contributed by atoms with Gasteiger partial charge >= 0.3 is 0 Å². The highest BCUT2D eigenvalue weighted by atomic mass is 16.3. The smallest absolute Gasteiger partial charge is 0.137 e. The topological polar surface area (TPSA) is 29.5 Å². The van der Waals surface area contributed by atoms with Crippen LogP contribution in [0.3, 0.4) is 0 Å². The Balaban J connectivity index is 1.03. The summed E-state index contributed by atoms with van der Waals surface area (Å²) in [5, 5.41) is 4.33. The Morgan fingerprint density at radius 1 is 0.345 bits per heavy atom. The Morgan fingerprint density at radius 2 is 0.948 bits per heavy atom. The molecule has 11 aromatic rings. The molecule has 1 unspecified atom stereocenters. The summed E-state index contributed by atoms with van der Waals surface area (Å²) in [6.07, 6.45) is 0. The minimum Gasteiger partial charge on any atom is -0.456 e. The lowest BCUT2D eigenvalue weighted by Crippen LogP contribution is -2.10. The number of anilines is 3. The molecule has 0 spiro atoms. The van der Waals surface area contributed by atoms with E-state index in [0.717, 1.165) is 66.5 Å². The molecular weight excluding hydrogens is 707 g/mol. The summed E-state index contributed by atoms with van der Waals surface area (Å²) in [5.41, 5.74) is 17.9. The van der Waals surface area contributed by atoms with Crippen molar-refractivity contribution in [3.8, 4) is 33.4 Å². The highest BCUT2D eigenvalue weighted by molar-refractivity contribution is 6.15. The van der Waals surface area contributed by atoms with E-state index in [4.69, 9.17) is 8.83 Å². The Hall–Kier alpha value is -7.62. The van der Waals surface area contributed by atoms with Gasteiger partial charge in [-0.05, 0) is 117 Å². The molecule has 12 rings (SSSR count). The van der Waals surface area contributed by atoms with Crippen molar-refractivity contribution in [3.05, 3.63) is 223 Å². The Kier molecular flexibility index (Phi) is 7.29. The molecule has 0 N–H and O–H groups in total. The van der Waals surface area contributed by atoms with Crippen LogP contribution in [0, 0.1) is 0 Å². The van der Waals surface area contributed by atoms with Crippen LogP contribution in [-0.4, -0.2) is 0 Å². The number of hydrogen-bond acceptors (Lipinski definition) is 3. The van der Waals surface area contributed by atoms with Crippen LogP contribution < -0.4 is 4.90 Å². The number of fused-ring (bicyclic) bond motifs is 9. The highest BCUT2D eigenvalue weighted by Crippen LogP contribution is 2.50. The van der Waals surface area contributed by atoms with Gasteiger partial charge in [-0.25, -0.2) is 0 Å². The maximum absolute atomic E-state index is 6.64. The molecule has 0 fully saturated rings. The average Bonchev–Trinajstić information content (AvgIpc) is 3.96. The summed E-state index contributed by atoms with van der Waals surface area (Å²) >= 11 is 0. The molecule has 1 atom stereocenters. The van der Waals surface area contributed by atoms with Crippen LogP contribution >= 0.6 is 0 Å². The zero-order valence-electron chi connectivity index (χ0n) is 31.5. The molecule has 0 aliphatic heterocycles. The molecule has 0 amide bonds. The SMILES string of the molecule is c1ccc(-c2ccc(N(c3ccc4oc5ccccc5c4c3)c3cccc4oc5ccc(-c6ccc7c(c6)-c6ccccc6C7c6ccccc6)cc5c34)cc2)cc1. The van der Waals surface area contributed by atoms with Gasteiger partial charge in [-0.15, -0.1) is 0 Å². The second-order valence-corrected chi connectivity index (χ2v) is 15.2. The van der Waals surface area contributed by atoms with Crippen molar-refractivity contribution in [2.45, 2.75) is 5.92 Å². The molecule has 0 radical (unpaired) electrons. The largest absolute Gasteiger partial charge is 0.456 e. The summed E-state index contributed by atoms with van der Waals surface area (Å²) in [7, 11) is 0. The molecule has 0 bridgehead atoms. The van der Waals surface area contributed by atoms with E-state index in [-0.39, 0.29) is 5.92 Å². The number of benzene rings is 9. The molecule has 1 aliphatic rings. The van der Waals surface area contributed by atoms with E-state index >= 15 is 0 Å². The fraction of sp³-hybridized carbons (Fsp3) is 0.0182. The van der Waals surface area contributed by atoms with Crippen LogP contribution in [0.2, 0.25) is 0 Å². The van der Waals surface area contributed by atoms with Gasteiger partial charge in [0.2, 0.25) is 0 Å². The Labute approximate surface area is 335 Å². The standard InChI is InChI=1S/C55H35NO2/c1-3-12-35(13-4-1)36-22-26-40(27-23-36)56(41-28-31-51-47(34-41)43-17-9-10-20-50(43)57-51)49-19-11-21-53-55(49)48-33-39(25-30-52(48)58-53)38-24-29-45-46(32-38)42-16-7-8-18-44(42)54(45)37-14-5-2-6-15-37/h1-34,54H. The lowest BCUT2D eigenvalue weighted by atomic mass is 9.89. The zero-order chi connectivity index (χ0) is 38.2. The second kappa shape index (κ2) is 13.0. The van der Waals surface area contributed by atoms with Gasteiger partial charge in [-0.3, -0.25) is 0 Å². The quantitative estimate of drug-likeness (QED) is 0.170. The molecule has 3 heteroatoms. The van der Waals surface area contributed by atoms with Crippen molar-refractivity contribution in [1.82, 2.24) is 0 Å². The van der Waals surface area contributed by atoms with Gasteiger partial charge in [0.1, 0.15) is 22.3 Å². The van der Waals surface area contributed by atoms with Gasteiger partial charge in [-0.2, -0.15) is 0 Å². The molecule has 0 saturated carbocycles. The van der Waals surface area contributed by atoms with E-state index in [1.807, 2.05) is 12.1 Å². The van der Waals surface area contributed by atoms with Crippen molar-refractivity contribution in [2.24, 2.45) is 0 Å². The van der Waals surface area contributed by atoms with Crippen LogP contribution in [-0.2, 0) is 0 Å². The minimum absolute atomic E-state index is 0.219. The van der Waals surface area contributed by atoms with E-state index in [1.165, 1.54) is 44.5 Å². The average molecular weight is 742 g/mol. The Bertz CT molecular complexity index is 3340. The van der Waals surface area contributed by atoms with Gasteiger partial charge in [0.15, 0.2) is 0 Å². The Morgan fingerprint density at radius 3 is 1.83 bits per heavy atom. The van der Waals surface area contributed by atoms with Gasteiger partial charge < -0.3 is 13.7 Å². The summed E-state index contributed by atoms with van der Waals surface area (Å²) < 4.78 is 12.9. The normalized spacial score (nSPS) is 13.3. The number of nitrogens with zero attached hydrogens (tertiary/aromatic N) is 1. The maximum Gasteiger partial charge on any atom is 0.137 e. The van der Waals surface area contributed by atoms with E-state index < -0.39 is 0 Å². The fourth-order valence-corrected chi connectivity index (χ4v) is 9.27. The third-order valence-corrected chi connectivity index (χ3v) is 12.0. The van der Waals surface area contributed by atoms with Crippen LogP contribution in [0.15, 0.2) is 215 Å². The van der Waals surface area contributed by atoms with Crippen molar-refractivity contribution < 1.29 is 8.83 Å². The second-order valence-electron chi connectivity index (χ2n) is 15.2. The van der Waals surface area contributed by atoms with Crippen molar-refractivity contribution in [2.75, 3.05) is 4.90 Å². The van der Waals surface area contributed by atoms with E-state index in [0.29, 0.717) is 0 Å². The van der Waals surface area contributed by atoms with Gasteiger partial charge in [0, 0.05) is 33.5 Å². The van der Waals surface area contributed by atoms with E-state index in [2.05, 4.69) is 199 Å². The first-order chi connectivity index (χ1) is 28.7. The highest BCUT2D eigenvalue weighted by Gasteiger charge is 2.30. The van der Waals surface area contributed by atoms with Crippen LogP contribution in [0.1, 0.15) is 22.6 Å². The predicted octanol–water partition coefficient (Wildman–Crippen LogP) is 15.4. The molecule has 2 aromatic heterocycles. The van der Waals surface area contributed by atoms with Gasteiger partial charge in [-0.1, -0.05) is 140 Å². The number of para-hydroxylation sites is 1. The maximum atomic E-state index is 6.64. The summed E-state index contributed by atoms with van der Waals surface area (Å²) in [6.45, 7) is 0. The molecule has 0 saturated heterocycles. The monoisotopic (exact) mass is 741 g/mol. The minimum atomic E-state index is 0.219. The summed E-state index contributed by atoms with van der Waals surface area (Å²) in [4.78, 5) is 2.36. The fourth-order valence-electron chi connectivity index (χ4n) is 9.27. The molecule has 272 valence electrons. The first-order valence-electron chi connectivity index (χ1n) is 19.9. The molecule has 3 nitrogen and oxygen atoms in total. The van der Waals surface area contributed by atoms with Gasteiger partial charge in [0.25, 0.3) is 0 Å². The molecule has 2 heterocycles. The van der Waals surface area contributed by atoms with Crippen molar-refractivity contribution in [1.29, 1.82) is 0 Å². The zero-order valence-corrected chi connectivity index (χ0v) is 31.5. The predicted molar refractivity (Wildman–Crippen MR) is 239 cm³/mol. The van der Waals surface area contributed by atoms with Crippen LogP contribution in [0.4, 0.5) is 17.1 Å². The third-order valence-electron chi connectivity index (χ3n) is 12.0. The number of rotatable bonds is 6. The first-order valence-corrected chi connectivity index (χ1v) is 19.9. The first kappa shape index (κ1) is 32.6. The summed E-state index contributed by atoms with van der Waals surface area (Å²) in [5.74, 6) is 0.219. The molecule has 1 aliphatic carbocycles.